The van der Waals surface area contributed by atoms with Crippen molar-refractivity contribution in [1.82, 2.24) is 9.97 Å². The van der Waals surface area contributed by atoms with E-state index < -0.39 is 11.2 Å². The third-order valence-electron chi connectivity index (χ3n) is 2.51. The Morgan fingerprint density at radius 1 is 1.16 bits per heavy atom. The zero-order valence-electron chi connectivity index (χ0n) is 10.7. The molecule has 0 fully saturated rings. The van der Waals surface area contributed by atoms with E-state index in [0.29, 0.717) is 5.16 Å². The molecule has 0 aliphatic heterocycles. The number of aryl methyl sites for hydroxylation is 2. The number of carboxylic acid groups (broad SMARTS) is 1. The van der Waals surface area contributed by atoms with Crippen LogP contribution in [0.15, 0.2) is 41.6 Å². The predicted molar refractivity (Wildman–Crippen MR) is 74.2 cm³/mol. The minimum absolute atomic E-state index is 0.494. The highest BCUT2D eigenvalue weighted by atomic mass is 32.2. The van der Waals surface area contributed by atoms with Crippen molar-refractivity contribution >= 4 is 17.7 Å². The molecule has 0 aliphatic carbocycles. The number of aliphatic carboxylic acids is 1. The average molecular weight is 274 g/mol. The van der Waals surface area contributed by atoms with E-state index in [0.717, 1.165) is 28.7 Å². The lowest BCUT2D eigenvalue weighted by molar-refractivity contribution is -0.136. The number of aromatic nitrogens is 2. The second-order valence-electron chi connectivity index (χ2n) is 4.18. The number of carboxylic acids is 1. The highest BCUT2D eigenvalue weighted by molar-refractivity contribution is 8.00. The number of thioether (sulfide) groups is 1. The van der Waals surface area contributed by atoms with Crippen molar-refractivity contribution < 1.29 is 9.90 Å². The molecule has 1 aromatic heterocycles. The van der Waals surface area contributed by atoms with Crippen molar-refractivity contribution in [2.75, 3.05) is 0 Å². The summed E-state index contributed by atoms with van der Waals surface area (Å²) in [6, 6.07) is 11.0. The van der Waals surface area contributed by atoms with Crippen molar-refractivity contribution in [2.45, 2.75) is 24.3 Å². The van der Waals surface area contributed by atoms with Gasteiger partial charge in [-0.2, -0.15) is 0 Å². The average Bonchev–Trinajstić information content (AvgIpc) is 2.35. The summed E-state index contributed by atoms with van der Waals surface area (Å²) in [6.07, 6.45) is 0. The molecule has 1 atom stereocenters. The van der Waals surface area contributed by atoms with E-state index in [1.807, 2.05) is 38.1 Å². The van der Waals surface area contributed by atoms with E-state index in [2.05, 4.69) is 9.97 Å². The monoisotopic (exact) mass is 274 g/mol. The molecule has 1 N–H and O–H groups in total. The van der Waals surface area contributed by atoms with Gasteiger partial charge in [-0.15, -0.1) is 0 Å². The summed E-state index contributed by atoms with van der Waals surface area (Å²) in [5, 5.41) is 9.15. The molecule has 1 heterocycles. The minimum Gasteiger partial charge on any atom is -0.480 e. The van der Waals surface area contributed by atoms with Crippen molar-refractivity contribution in [1.29, 1.82) is 0 Å². The zero-order chi connectivity index (χ0) is 13.8. The summed E-state index contributed by atoms with van der Waals surface area (Å²) in [4.78, 5) is 19.9. The Kier molecular flexibility index (Phi) is 4.16. The second kappa shape index (κ2) is 5.84. The topological polar surface area (TPSA) is 63.1 Å². The first-order valence-corrected chi connectivity index (χ1v) is 6.71. The molecular formula is C14H14N2O2S. The molecule has 1 aromatic carbocycles. The molecule has 5 heteroatoms. The third-order valence-corrected chi connectivity index (χ3v) is 3.61. The van der Waals surface area contributed by atoms with Gasteiger partial charge in [0.2, 0.25) is 0 Å². The highest BCUT2D eigenvalue weighted by Gasteiger charge is 2.22. The van der Waals surface area contributed by atoms with E-state index in [4.69, 9.17) is 0 Å². The quantitative estimate of drug-likeness (QED) is 0.686. The normalized spacial score (nSPS) is 12.1. The lowest BCUT2D eigenvalue weighted by Crippen LogP contribution is -2.09. The van der Waals surface area contributed by atoms with Gasteiger partial charge in [-0.1, -0.05) is 42.1 Å². The van der Waals surface area contributed by atoms with Crippen LogP contribution >= 0.6 is 11.8 Å². The number of rotatable bonds is 4. The lowest BCUT2D eigenvalue weighted by Gasteiger charge is -2.11. The number of hydrogen-bond donors (Lipinski definition) is 1. The first kappa shape index (κ1) is 13.5. The number of nitrogens with zero attached hydrogens (tertiary/aromatic N) is 2. The molecule has 0 radical (unpaired) electrons. The largest absolute Gasteiger partial charge is 0.480 e. The molecule has 0 unspecified atom stereocenters. The molecule has 0 saturated heterocycles. The molecule has 4 nitrogen and oxygen atoms in total. The Morgan fingerprint density at radius 3 is 2.26 bits per heavy atom. The van der Waals surface area contributed by atoms with Crippen molar-refractivity contribution in [3.63, 3.8) is 0 Å². The van der Waals surface area contributed by atoms with Gasteiger partial charge in [0.15, 0.2) is 5.16 Å². The van der Waals surface area contributed by atoms with Gasteiger partial charge in [0.1, 0.15) is 5.25 Å². The van der Waals surface area contributed by atoms with E-state index in [1.54, 1.807) is 12.1 Å². The van der Waals surface area contributed by atoms with Gasteiger partial charge < -0.3 is 5.11 Å². The molecule has 0 aliphatic rings. The summed E-state index contributed by atoms with van der Waals surface area (Å²) >= 11 is 1.16. The van der Waals surface area contributed by atoms with Crippen LogP contribution in [-0.4, -0.2) is 21.0 Å². The smallest absolute Gasteiger partial charge is 0.321 e. The fourth-order valence-electron chi connectivity index (χ4n) is 1.74. The summed E-state index contributed by atoms with van der Waals surface area (Å²) in [5.74, 6) is -0.890. The molecule has 2 rings (SSSR count). The van der Waals surface area contributed by atoms with Crippen LogP contribution in [0, 0.1) is 13.8 Å². The number of hydrogen-bond acceptors (Lipinski definition) is 4. The van der Waals surface area contributed by atoms with Gasteiger partial charge in [0, 0.05) is 11.4 Å². The van der Waals surface area contributed by atoms with Crippen LogP contribution in [0.1, 0.15) is 22.2 Å². The Hall–Kier alpha value is -1.88. The van der Waals surface area contributed by atoms with Crippen molar-refractivity contribution in [2.24, 2.45) is 0 Å². The van der Waals surface area contributed by atoms with Crippen LogP contribution in [0.3, 0.4) is 0 Å². The van der Waals surface area contributed by atoms with Crippen LogP contribution in [-0.2, 0) is 4.79 Å². The van der Waals surface area contributed by atoms with Gasteiger partial charge >= 0.3 is 5.97 Å². The maximum atomic E-state index is 11.4. The van der Waals surface area contributed by atoms with Crippen LogP contribution in [0.5, 0.6) is 0 Å². The van der Waals surface area contributed by atoms with Crippen LogP contribution in [0.4, 0.5) is 0 Å². The molecule has 2 aromatic rings. The molecule has 0 bridgehead atoms. The highest BCUT2D eigenvalue weighted by Crippen LogP contribution is 2.33. The van der Waals surface area contributed by atoms with Gasteiger partial charge in [0.25, 0.3) is 0 Å². The number of carbonyl (C=O) groups is 1. The third kappa shape index (κ3) is 3.54. The molecule has 19 heavy (non-hydrogen) atoms. The van der Waals surface area contributed by atoms with E-state index in [9.17, 15) is 9.90 Å². The van der Waals surface area contributed by atoms with E-state index in [1.165, 1.54) is 0 Å². The second-order valence-corrected chi connectivity index (χ2v) is 5.25. The Labute approximate surface area is 115 Å². The van der Waals surface area contributed by atoms with Crippen LogP contribution in [0.25, 0.3) is 0 Å². The van der Waals surface area contributed by atoms with Crippen molar-refractivity contribution in [3.8, 4) is 0 Å². The summed E-state index contributed by atoms with van der Waals surface area (Å²) in [5.41, 5.74) is 2.42. The standard InChI is InChI=1S/C14H14N2O2S/c1-9-8-10(2)16-14(15-9)19-12(13(17)18)11-6-4-3-5-7-11/h3-8,12H,1-2H3,(H,17,18)/t12-/m0/s1. The Bertz CT molecular complexity index is 567. The molecule has 0 spiro atoms. The predicted octanol–water partition coefficient (Wildman–Crippen LogP) is 3.01. The summed E-state index contributed by atoms with van der Waals surface area (Å²) in [7, 11) is 0. The lowest BCUT2D eigenvalue weighted by atomic mass is 10.1. The van der Waals surface area contributed by atoms with Gasteiger partial charge in [-0.05, 0) is 25.5 Å². The van der Waals surface area contributed by atoms with E-state index in [-0.39, 0.29) is 0 Å². The van der Waals surface area contributed by atoms with E-state index >= 15 is 0 Å². The summed E-state index contributed by atoms with van der Waals surface area (Å²) in [6.45, 7) is 3.74. The van der Waals surface area contributed by atoms with Gasteiger partial charge in [-0.25, -0.2) is 9.97 Å². The SMILES string of the molecule is Cc1cc(C)nc(S[C@H](C(=O)O)c2ccccc2)n1. The molecular weight excluding hydrogens is 260 g/mol. The van der Waals surface area contributed by atoms with Crippen LogP contribution in [0.2, 0.25) is 0 Å². The summed E-state index contributed by atoms with van der Waals surface area (Å²) < 4.78 is 0. The maximum absolute atomic E-state index is 11.4. The molecule has 0 amide bonds. The Balaban J connectivity index is 2.29. The van der Waals surface area contributed by atoms with Gasteiger partial charge in [-0.3, -0.25) is 4.79 Å². The van der Waals surface area contributed by atoms with Gasteiger partial charge in [0.05, 0.1) is 0 Å². The fraction of sp³-hybridized carbons (Fsp3) is 0.214. The zero-order valence-corrected chi connectivity index (χ0v) is 11.5. The van der Waals surface area contributed by atoms with Crippen molar-refractivity contribution in [3.05, 3.63) is 53.3 Å². The number of benzene rings is 1. The first-order valence-electron chi connectivity index (χ1n) is 5.83. The first-order chi connectivity index (χ1) is 9.06. The molecule has 0 saturated carbocycles. The fourth-order valence-corrected chi connectivity index (χ4v) is 2.74. The Morgan fingerprint density at radius 2 is 1.74 bits per heavy atom. The minimum atomic E-state index is -0.890. The van der Waals surface area contributed by atoms with Crippen LogP contribution < -0.4 is 0 Å². The molecule has 98 valence electrons. The maximum Gasteiger partial charge on any atom is 0.321 e.